The molecule has 25 heavy (non-hydrogen) atoms. The number of carbonyl (C=O) groups is 2. The number of amides is 1. The van der Waals surface area contributed by atoms with Crippen molar-refractivity contribution in [2.75, 3.05) is 32.7 Å². The lowest BCUT2D eigenvalue weighted by atomic mass is 10.1. The molecule has 0 radical (unpaired) electrons. The number of aryl methyl sites for hydroxylation is 1. The first-order valence-corrected chi connectivity index (χ1v) is 8.44. The zero-order valence-corrected chi connectivity index (χ0v) is 15.0. The minimum absolute atomic E-state index is 0. The van der Waals surface area contributed by atoms with E-state index in [1.807, 2.05) is 4.90 Å². The minimum atomic E-state index is -0.874. The summed E-state index contributed by atoms with van der Waals surface area (Å²) in [6.45, 7) is 3.56. The lowest BCUT2D eigenvalue weighted by Gasteiger charge is -2.30. The average Bonchev–Trinajstić information content (AvgIpc) is 3.06. The Morgan fingerprint density at radius 2 is 2.04 bits per heavy atom. The van der Waals surface area contributed by atoms with Gasteiger partial charge in [0, 0.05) is 38.8 Å². The van der Waals surface area contributed by atoms with Gasteiger partial charge in [-0.05, 0) is 25.8 Å². The summed E-state index contributed by atoms with van der Waals surface area (Å²) in [5, 5.41) is 20.1. The van der Waals surface area contributed by atoms with Crippen molar-refractivity contribution < 1.29 is 27.1 Å². The van der Waals surface area contributed by atoms with Crippen LogP contribution >= 0.6 is 0 Å². The maximum atomic E-state index is 12.9. The molecule has 1 fully saturated rings. The van der Waals surface area contributed by atoms with Crippen LogP contribution in [-0.2, 0) is 16.0 Å². The summed E-state index contributed by atoms with van der Waals surface area (Å²) in [5.41, 5.74) is 6.14. The van der Waals surface area contributed by atoms with Crippen molar-refractivity contribution in [1.29, 1.82) is 0 Å². The van der Waals surface area contributed by atoms with E-state index in [9.17, 15) is 9.59 Å². The quantitative estimate of drug-likeness (QED) is 0.382. The molecule has 0 unspecified atom stereocenters. The van der Waals surface area contributed by atoms with Crippen molar-refractivity contribution in [2.45, 2.75) is 38.1 Å². The standard InChI is InChI=1S/C15H26N6O3.ClH/c16-6-2-1-3-13(15(24)20-9-7-17-8-10-20)21-11-12(18-19-21)4-5-14(22)23;/h11,13,17H,1-10,16H2,(H,22,23);1H/p-1/t13-;/m0./s1. The molecule has 1 aliphatic heterocycles. The number of nitrogens with zero attached hydrogens (tertiary/aromatic N) is 4. The van der Waals surface area contributed by atoms with Crippen molar-refractivity contribution >= 4 is 11.9 Å². The first-order chi connectivity index (χ1) is 11.6. The van der Waals surface area contributed by atoms with Gasteiger partial charge in [0.2, 0.25) is 5.91 Å². The molecule has 1 atom stereocenters. The Hall–Kier alpha value is -1.71. The number of piperazine rings is 1. The highest BCUT2D eigenvalue weighted by molar-refractivity contribution is 5.80. The van der Waals surface area contributed by atoms with Crippen molar-refractivity contribution in [3.05, 3.63) is 11.9 Å². The number of halogens is 1. The maximum Gasteiger partial charge on any atom is 0.303 e. The molecule has 0 saturated carbocycles. The number of hydrogen-bond donors (Lipinski definition) is 3. The number of carboxylic acids is 1. The normalized spacial score (nSPS) is 15.5. The van der Waals surface area contributed by atoms with Crippen molar-refractivity contribution in [1.82, 2.24) is 25.2 Å². The molecule has 2 rings (SSSR count). The molecule has 4 N–H and O–H groups in total. The van der Waals surface area contributed by atoms with Crippen LogP contribution in [0.3, 0.4) is 0 Å². The van der Waals surface area contributed by atoms with E-state index in [1.54, 1.807) is 10.9 Å². The number of hydrogen-bond acceptors (Lipinski definition) is 6. The van der Waals surface area contributed by atoms with Crippen LogP contribution in [0.5, 0.6) is 0 Å². The summed E-state index contributed by atoms with van der Waals surface area (Å²) in [6, 6.07) is -0.402. The summed E-state index contributed by atoms with van der Waals surface area (Å²) >= 11 is 0. The van der Waals surface area contributed by atoms with Gasteiger partial charge < -0.3 is 33.5 Å². The fourth-order valence-corrected chi connectivity index (χ4v) is 2.76. The molecule has 9 nitrogen and oxygen atoms in total. The highest BCUT2D eigenvalue weighted by Crippen LogP contribution is 2.18. The van der Waals surface area contributed by atoms with Gasteiger partial charge in [-0.25, -0.2) is 4.68 Å². The number of aromatic nitrogens is 3. The van der Waals surface area contributed by atoms with Crippen LogP contribution in [0.1, 0.15) is 37.4 Å². The summed E-state index contributed by atoms with van der Waals surface area (Å²) in [5.74, 6) is -0.829. The fourth-order valence-electron chi connectivity index (χ4n) is 2.76. The Balaban J connectivity index is 0.00000312. The van der Waals surface area contributed by atoms with Crippen LogP contribution in [0.25, 0.3) is 0 Å². The fraction of sp³-hybridized carbons (Fsp3) is 0.733. The summed E-state index contributed by atoms with van der Waals surface area (Å²) in [7, 11) is 0. The van der Waals surface area contributed by atoms with E-state index >= 15 is 0 Å². The third-order valence-electron chi connectivity index (χ3n) is 4.12. The van der Waals surface area contributed by atoms with Gasteiger partial charge >= 0.3 is 5.97 Å². The SMILES string of the molecule is NCCCC[C@@H](C(=O)N1CCNCC1)n1cc(CCC(=O)O)nn1.[Cl-]. The molecule has 142 valence electrons. The minimum Gasteiger partial charge on any atom is -1.00 e. The monoisotopic (exact) mass is 373 g/mol. The number of carbonyl (C=O) groups excluding carboxylic acids is 1. The van der Waals surface area contributed by atoms with Gasteiger partial charge in [-0.2, -0.15) is 0 Å². The van der Waals surface area contributed by atoms with Gasteiger partial charge in [-0.1, -0.05) is 5.21 Å². The van der Waals surface area contributed by atoms with Crippen LogP contribution in [0.15, 0.2) is 6.20 Å². The second-order valence-electron chi connectivity index (χ2n) is 5.96. The number of nitrogens with one attached hydrogen (secondary N) is 1. The smallest absolute Gasteiger partial charge is 0.303 e. The molecule has 0 bridgehead atoms. The molecule has 1 aromatic rings. The zero-order valence-electron chi connectivity index (χ0n) is 14.2. The number of nitrogens with two attached hydrogens (primary N) is 1. The van der Waals surface area contributed by atoms with Crippen molar-refractivity contribution in [3.63, 3.8) is 0 Å². The predicted molar refractivity (Wildman–Crippen MR) is 87.4 cm³/mol. The average molecular weight is 374 g/mol. The molecular weight excluding hydrogens is 348 g/mol. The zero-order chi connectivity index (χ0) is 17.4. The van der Waals surface area contributed by atoms with Crippen LogP contribution in [-0.4, -0.2) is 69.6 Å². The third-order valence-corrected chi connectivity index (χ3v) is 4.12. The van der Waals surface area contributed by atoms with Gasteiger partial charge in [0.25, 0.3) is 0 Å². The second kappa shape index (κ2) is 11.0. The van der Waals surface area contributed by atoms with Gasteiger partial charge in [-0.3, -0.25) is 9.59 Å². The molecule has 0 aliphatic carbocycles. The van der Waals surface area contributed by atoms with E-state index in [2.05, 4.69) is 15.6 Å². The molecule has 2 heterocycles. The highest BCUT2D eigenvalue weighted by Gasteiger charge is 2.27. The summed E-state index contributed by atoms with van der Waals surface area (Å²) < 4.78 is 1.58. The second-order valence-corrected chi connectivity index (χ2v) is 5.96. The van der Waals surface area contributed by atoms with E-state index in [-0.39, 0.29) is 24.7 Å². The lowest BCUT2D eigenvalue weighted by Crippen LogP contribution is -3.00. The van der Waals surface area contributed by atoms with Gasteiger partial charge in [0.1, 0.15) is 6.04 Å². The number of aliphatic carboxylic acids is 1. The number of rotatable bonds is 9. The van der Waals surface area contributed by atoms with Crippen LogP contribution < -0.4 is 23.5 Å². The molecule has 0 aromatic carbocycles. The topological polar surface area (TPSA) is 126 Å². The van der Waals surface area contributed by atoms with E-state index < -0.39 is 12.0 Å². The Kier molecular flexibility index (Phi) is 9.40. The largest absolute Gasteiger partial charge is 1.00 e. The predicted octanol–water partition coefficient (Wildman–Crippen LogP) is -3.60. The Morgan fingerprint density at radius 3 is 2.68 bits per heavy atom. The number of carboxylic acid groups (broad SMARTS) is 1. The Bertz CT molecular complexity index is 547. The van der Waals surface area contributed by atoms with E-state index in [1.165, 1.54) is 0 Å². The van der Waals surface area contributed by atoms with E-state index in [0.717, 1.165) is 25.9 Å². The van der Waals surface area contributed by atoms with Crippen molar-refractivity contribution in [3.8, 4) is 0 Å². The maximum absolute atomic E-state index is 12.9. The van der Waals surface area contributed by atoms with Gasteiger partial charge in [0.15, 0.2) is 0 Å². The lowest BCUT2D eigenvalue weighted by molar-refractivity contribution is -0.137. The van der Waals surface area contributed by atoms with E-state index in [0.29, 0.717) is 38.2 Å². The Labute approximate surface area is 153 Å². The summed E-state index contributed by atoms with van der Waals surface area (Å²) in [6.07, 6.45) is 4.35. The first-order valence-electron chi connectivity index (χ1n) is 8.44. The molecular formula is C15H26ClN6O3-. The molecule has 10 heteroatoms. The van der Waals surface area contributed by atoms with Crippen LogP contribution in [0.4, 0.5) is 0 Å². The molecule has 1 aromatic heterocycles. The Morgan fingerprint density at radius 1 is 1.32 bits per heavy atom. The van der Waals surface area contributed by atoms with Gasteiger partial charge in [0.05, 0.1) is 12.1 Å². The van der Waals surface area contributed by atoms with E-state index in [4.69, 9.17) is 10.8 Å². The molecule has 1 aliphatic rings. The van der Waals surface area contributed by atoms with Crippen molar-refractivity contribution in [2.24, 2.45) is 5.73 Å². The third kappa shape index (κ3) is 6.60. The van der Waals surface area contributed by atoms with Crippen LogP contribution in [0, 0.1) is 0 Å². The first kappa shape index (κ1) is 21.3. The van der Waals surface area contributed by atoms with Gasteiger partial charge in [-0.15, -0.1) is 5.10 Å². The number of unbranched alkanes of at least 4 members (excludes halogenated alkanes) is 1. The molecule has 1 amide bonds. The molecule has 0 spiro atoms. The van der Waals surface area contributed by atoms with Crippen LogP contribution in [0.2, 0.25) is 0 Å². The highest BCUT2D eigenvalue weighted by atomic mass is 35.5. The molecule has 1 saturated heterocycles. The summed E-state index contributed by atoms with van der Waals surface area (Å²) in [4.78, 5) is 25.4.